The molecule has 1 rings (SSSR count). The van der Waals surface area contributed by atoms with Crippen LogP contribution in [0.15, 0.2) is 12.4 Å². The second kappa shape index (κ2) is 3.74. The van der Waals surface area contributed by atoms with E-state index in [2.05, 4.69) is 10.0 Å². The number of alkyl halides is 1. The normalized spacial score (nSPS) is 12.3. The molecule has 4 heteroatoms. The maximum atomic E-state index is 9.50. The van der Waals surface area contributed by atoms with Gasteiger partial charge in [0.05, 0.1) is 0 Å². The quantitative estimate of drug-likeness (QED) is 0.493. The fourth-order valence-electron chi connectivity index (χ4n) is 0.919. The summed E-state index contributed by atoms with van der Waals surface area (Å²) < 4.78 is 3.12. The van der Waals surface area contributed by atoms with Gasteiger partial charge in [-0.2, -0.15) is 0 Å². The molecule has 0 bridgehead atoms. The first-order valence-electron chi connectivity index (χ1n) is 3.75. The predicted molar refractivity (Wildman–Crippen MR) is 43.1 cm³/mol. The van der Waals surface area contributed by atoms with Crippen LogP contribution in [0.4, 0.5) is 0 Å². The van der Waals surface area contributed by atoms with Gasteiger partial charge in [-0.25, -0.2) is 0 Å². The van der Waals surface area contributed by atoms with Gasteiger partial charge < -0.3 is 0 Å². The molecule has 0 aliphatic carbocycles. The van der Waals surface area contributed by atoms with Gasteiger partial charge in [0.1, 0.15) is 0 Å². The summed E-state index contributed by atoms with van der Waals surface area (Å²) in [6.07, 6.45) is 3.91. The van der Waals surface area contributed by atoms with Crippen LogP contribution in [0.5, 0.6) is 0 Å². The first-order chi connectivity index (χ1) is 5.51. The molecule has 0 saturated carbocycles. The van der Waals surface area contributed by atoms with E-state index < -0.39 is 5.60 Å². The van der Waals surface area contributed by atoms with Crippen molar-refractivity contribution in [2.24, 2.45) is 0 Å². The van der Waals surface area contributed by atoms with E-state index in [9.17, 15) is 5.11 Å². The summed E-state index contributed by atoms with van der Waals surface area (Å²) in [5, 5.41) is 13.7. The number of aliphatic hydroxyl groups is 1. The molecule has 70 valence electrons. The summed E-state index contributed by atoms with van der Waals surface area (Å²) in [6.45, 7) is 4.14. The van der Waals surface area contributed by atoms with Crippen molar-refractivity contribution in [3.63, 3.8) is 0 Å². The molecule has 1 aromatic rings. The molecule has 0 aliphatic heterocycles. The van der Waals surface area contributed by atoms with Crippen molar-refractivity contribution < 1.29 is 26.3 Å². The van der Waals surface area contributed by atoms with E-state index >= 15 is 0 Å². The van der Waals surface area contributed by atoms with Crippen molar-refractivity contribution in [1.29, 1.82) is 0 Å². The minimum atomic E-state index is -0.671. The standard InChI is InChI=1S/C8H14IN2O/c1-8(2,12)6-11-5-7(9-3)4-10-11/h4-5,12H,6H2,1-3H3/q-1. The molecule has 0 fully saturated rings. The van der Waals surface area contributed by atoms with Gasteiger partial charge in [0, 0.05) is 0 Å². The fraction of sp³-hybridized carbons (Fsp3) is 0.625. The van der Waals surface area contributed by atoms with Crippen LogP contribution in [0.25, 0.3) is 0 Å². The summed E-state index contributed by atoms with van der Waals surface area (Å²) in [7, 11) is 0. The molecule has 0 radical (unpaired) electrons. The average molecular weight is 281 g/mol. The topological polar surface area (TPSA) is 38.0 Å². The Kier molecular flexibility index (Phi) is 3.11. The van der Waals surface area contributed by atoms with Gasteiger partial charge in [0.25, 0.3) is 0 Å². The first kappa shape index (κ1) is 9.98. The molecule has 12 heavy (non-hydrogen) atoms. The number of nitrogens with zero attached hydrogens (tertiary/aromatic N) is 2. The van der Waals surface area contributed by atoms with Gasteiger partial charge in [0.2, 0.25) is 0 Å². The molecule has 3 nitrogen and oxygen atoms in total. The Balaban J connectivity index is 2.64. The molecule has 0 unspecified atom stereocenters. The molecule has 0 atom stereocenters. The van der Waals surface area contributed by atoms with E-state index in [1.54, 1.807) is 18.5 Å². The van der Waals surface area contributed by atoms with Crippen molar-refractivity contribution in [2.75, 3.05) is 4.93 Å². The van der Waals surface area contributed by atoms with Gasteiger partial charge in [-0.1, -0.05) is 0 Å². The van der Waals surface area contributed by atoms with Crippen LogP contribution >= 0.6 is 0 Å². The summed E-state index contributed by atoms with van der Waals surface area (Å²) in [4.78, 5) is 2.20. The second-order valence-corrected chi connectivity index (χ2v) is 5.68. The van der Waals surface area contributed by atoms with E-state index in [4.69, 9.17) is 0 Å². The van der Waals surface area contributed by atoms with E-state index in [1.807, 2.05) is 12.4 Å². The number of hydrogen-bond acceptors (Lipinski definition) is 2. The summed E-state index contributed by atoms with van der Waals surface area (Å²) in [5.74, 6) is 0. The molecular weight excluding hydrogens is 267 g/mol. The van der Waals surface area contributed by atoms with Crippen LogP contribution in [0.2, 0.25) is 0 Å². The molecule has 1 heterocycles. The second-order valence-electron chi connectivity index (χ2n) is 3.36. The van der Waals surface area contributed by atoms with Crippen LogP contribution in [0.1, 0.15) is 13.8 Å². The molecule has 0 aromatic carbocycles. The molecule has 0 aliphatic rings. The summed E-state index contributed by atoms with van der Waals surface area (Å²) >= 11 is 0.122. The SMILES string of the molecule is C[I-]c1cnn(CC(C)(C)O)c1. The Morgan fingerprint density at radius 2 is 2.33 bits per heavy atom. The number of rotatable bonds is 3. The van der Waals surface area contributed by atoms with Crippen molar-refractivity contribution in [2.45, 2.75) is 26.0 Å². The zero-order chi connectivity index (χ0) is 9.19. The minimum absolute atomic E-state index is 0.122. The van der Waals surface area contributed by atoms with Crippen molar-refractivity contribution in [3.8, 4) is 0 Å². The zero-order valence-corrected chi connectivity index (χ0v) is 9.74. The van der Waals surface area contributed by atoms with Gasteiger partial charge in [-0.05, 0) is 0 Å². The third-order valence-corrected chi connectivity index (χ3v) is 3.17. The third kappa shape index (κ3) is 3.10. The Morgan fingerprint density at radius 3 is 2.75 bits per heavy atom. The molecular formula is C8H14IN2O-. The number of hydrogen-bond donors (Lipinski definition) is 1. The molecule has 1 aromatic heterocycles. The summed E-state index contributed by atoms with van der Waals surface area (Å²) in [6, 6.07) is 0. The maximum absolute atomic E-state index is 9.50. The van der Waals surface area contributed by atoms with Gasteiger partial charge in [0.15, 0.2) is 0 Å². The van der Waals surface area contributed by atoms with Gasteiger partial charge >= 0.3 is 83.0 Å². The molecule has 0 saturated heterocycles. The Bertz CT molecular complexity index is 252. The Hall–Kier alpha value is -0.100. The zero-order valence-electron chi connectivity index (χ0n) is 7.58. The number of aromatic nitrogens is 2. The van der Waals surface area contributed by atoms with Crippen LogP contribution in [0.3, 0.4) is 0 Å². The average Bonchev–Trinajstić information content (AvgIpc) is 2.32. The Labute approximate surface area is 83.0 Å². The summed E-state index contributed by atoms with van der Waals surface area (Å²) in [5.41, 5.74) is -0.671. The van der Waals surface area contributed by atoms with Crippen LogP contribution in [0, 0.1) is 3.57 Å². The molecule has 0 spiro atoms. The van der Waals surface area contributed by atoms with Crippen LogP contribution in [-0.4, -0.2) is 25.4 Å². The van der Waals surface area contributed by atoms with E-state index in [0.29, 0.717) is 6.54 Å². The van der Waals surface area contributed by atoms with Crippen LogP contribution in [-0.2, 0) is 6.54 Å². The van der Waals surface area contributed by atoms with E-state index in [1.165, 1.54) is 3.57 Å². The first-order valence-corrected chi connectivity index (χ1v) is 6.99. The van der Waals surface area contributed by atoms with Crippen molar-refractivity contribution in [3.05, 3.63) is 16.0 Å². The predicted octanol–water partition coefficient (Wildman–Crippen LogP) is -2.46. The van der Waals surface area contributed by atoms with E-state index in [0.717, 1.165) is 0 Å². The third-order valence-electron chi connectivity index (χ3n) is 1.37. The van der Waals surface area contributed by atoms with Crippen LogP contribution < -0.4 is 21.2 Å². The fourth-order valence-corrected chi connectivity index (χ4v) is 1.92. The van der Waals surface area contributed by atoms with Crippen molar-refractivity contribution in [1.82, 2.24) is 9.78 Å². The van der Waals surface area contributed by atoms with E-state index in [-0.39, 0.29) is 21.2 Å². The van der Waals surface area contributed by atoms with Crippen molar-refractivity contribution >= 4 is 0 Å². The monoisotopic (exact) mass is 281 g/mol. The van der Waals surface area contributed by atoms with Gasteiger partial charge in [-0.3, -0.25) is 0 Å². The van der Waals surface area contributed by atoms with Gasteiger partial charge in [-0.15, -0.1) is 0 Å². The number of halogens is 1. The molecule has 0 amide bonds. The Morgan fingerprint density at radius 1 is 1.67 bits per heavy atom. The molecule has 1 N–H and O–H groups in total.